The monoisotopic (exact) mass is 357 g/mol. The van der Waals surface area contributed by atoms with Crippen molar-refractivity contribution in [2.75, 3.05) is 11.5 Å². The lowest BCUT2D eigenvalue weighted by Gasteiger charge is -2.15. The summed E-state index contributed by atoms with van der Waals surface area (Å²) >= 11 is 6.60. The van der Waals surface area contributed by atoms with Gasteiger partial charge >= 0.3 is 0 Å². The number of aromatic hydroxyl groups is 1. The van der Waals surface area contributed by atoms with Crippen LogP contribution < -0.4 is 9.64 Å². The maximum absolute atomic E-state index is 12.7. The molecule has 3 rings (SSSR count). The highest BCUT2D eigenvalue weighted by Gasteiger charge is 2.33. The number of anilines is 1. The molecule has 1 heterocycles. The first-order valence-electron chi connectivity index (χ1n) is 7.38. The van der Waals surface area contributed by atoms with Crippen molar-refractivity contribution < 1.29 is 14.6 Å². The molecule has 0 aliphatic carbocycles. The first kappa shape index (κ1) is 16.5. The Morgan fingerprint density at radius 1 is 1.25 bits per heavy atom. The van der Waals surface area contributed by atoms with E-state index in [2.05, 4.69) is 0 Å². The smallest absolute Gasteiger partial charge is 0.270 e. The summed E-state index contributed by atoms with van der Waals surface area (Å²) in [6.07, 6.45) is 1.73. The lowest BCUT2D eigenvalue weighted by atomic mass is 10.2. The highest BCUT2D eigenvalue weighted by atomic mass is 32.2. The highest BCUT2D eigenvalue weighted by Crippen LogP contribution is 2.36. The zero-order valence-electron chi connectivity index (χ0n) is 12.9. The summed E-state index contributed by atoms with van der Waals surface area (Å²) in [6.45, 7) is 2.51. The number of thioether (sulfide) groups is 1. The summed E-state index contributed by atoms with van der Waals surface area (Å²) in [5.41, 5.74) is 1.46. The largest absolute Gasteiger partial charge is 0.508 e. The zero-order valence-corrected chi connectivity index (χ0v) is 14.6. The second-order valence-electron chi connectivity index (χ2n) is 5.04. The fourth-order valence-corrected chi connectivity index (χ4v) is 3.61. The summed E-state index contributed by atoms with van der Waals surface area (Å²) in [5, 5.41) is 9.54. The van der Waals surface area contributed by atoms with Crippen molar-refractivity contribution in [1.29, 1.82) is 0 Å². The Hall–Kier alpha value is -2.31. The second-order valence-corrected chi connectivity index (χ2v) is 6.71. The number of carbonyl (C=O) groups excluding carboxylic acids is 1. The molecular weight excluding hydrogens is 342 g/mol. The Balaban J connectivity index is 1.86. The predicted octanol–water partition coefficient (Wildman–Crippen LogP) is 4.20. The molecule has 0 bridgehead atoms. The van der Waals surface area contributed by atoms with Crippen molar-refractivity contribution in [1.82, 2.24) is 0 Å². The first-order valence-corrected chi connectivity index (χ1v) is 8.61. The van der Waals surface area contributed by atoms with E-state index in [4.69, 9.17) is 17.0 Å². The number of amides is 1. The maximum Gasteiger partial charge on any atom is 0.270 e. The van der Waals surface area contributed by atoms with E-state index in [0.717, 1.165) is 11.3 Å². The third-order valence-corrected chi connectivity index (χ3v) is 4.67. The van der Waals surface area contributed by atoms with Crippen LogP contribution in [-0.2, 0) is 4.79 Å². The molecular formula is C18H15NO3S2. The van der Waals surface area contributed by atoms with Crippen LogP contribution in [0.5, 0.6) is 11.5 Å². The molecule has 0 unspecified atom stereocenters. The van der Waals surface area contributed by atoms with Gasteiger partial charge in [0.25, 0.3) is 5.91 Å². The molecule has 1 fully saturated rings. The summed E-state index contributed by atoms with van der Waals surface area (Å²) in [5.74, 6) is 0.741. The molecule has 1 aliphatic rings. The number of hydrogen-bond acceptors (Lipinski definition) is 5. The van der Waals surface area contributed by atoms with Crippen LogP contribution in [0, 0.1) is 0 Å². The Labute approximate surface area is 149 Å². The molecule has 4 nitrogen and oxygen atoms in total. The van der Waals surface area contributed by atoms with Gasteiger partial charge in [-0.3, -0.25) is 9.69 Å². The van der Waals surface area contributed by atoms with Gasteiger partial charge in [-0.25, -0.2) is 0 Å². The number of thiocarbonyl (C=S) groups is 1. The molecule has 0 saturated carbocycles. The van der Waals surface area contributed by atoms with Crippen LogP contribution in [-0.4, -0.2) is 21.9 Å². The normalized spacial score (nSPS) is 16.0. The molecule has 0 radical (unpaired) electrons. The third kappa shape index (κ3) is 3.44. The van der Waals surface area contributed by atoms with E-state index in [-0.39, 0.29) is 11.7 Å². The SMILES string of the molecule is CCOc1ccc(N2C(=O)C(=Cc3cccc(O)c3)SC2=S)cc1. The Morgan fingerprint density at radius 2 is 2.00 bits per heavy atom. The van der Waals surface area contributed by atoms with Gasteiger partial charge in [0.05, 0.1) is 17.2 Å². The lowest BCUT2D eigenvalue weighted by molar-refractivity contribution is -0.113. The minimum Gasteiger partial charge on any atom is -0.508 e. The van der Waals surface area contributed by atoms with Crippen molar-refractivity contribution in [3.05, 3.63) is 59.0 Å². The van der Waals surface area contributed by atoms with Crippen LogP contribution in [0.1, 0.15) is 12.5 Å². The van der Waals surface area contributed by atoms with Gasteiger partial charge in [0, 0.05) is 0 Å². The number of benzene rings is 2. The van der Waals surface area contributed by atoms with Crippen LogP contribution in [0.3, 0.4) is 0 Å². The fourth-order valence-electron chi connectivity index (χ4n) is 2.31. The molecule has 2 aromatic carbocycles. The number of nitrogens with zero attached hydrogens (tertiary/aromatic N) is 1. The van der Waals surface area contributed by atoms with E-state index in [1.807, 2.05) is 37.3 Å². The third-order valence-electron chi connectivity index (χ3n) is 3.37. The van der Waals surface area contributed by atoms with Crippen LogP contribution in [0.4, 0.5) is 5.69 Å². The topological polar surface area (TPSA) is 49.8 Å². The van der Waals surface area contributed by atoms with Crippen LogP contribution in [0.15, 0.2) is 53.4 Å². The van der Waals surface area contributed by atoms with E-state index in [0.29, 0.717) is 21.5 Å². The molecule has 1 N–H and O–H groups in total. The Morgan fingerprint density at radius 3 is 2.67 bits per heavy atom. The van der Waals surface area contributed by atoms with Gasteiger partial charge in [-0.15, -0.1) is 0 Å². The van der Waals surface area contributed by atoms with E-state index in [9.17, 15) is 9.90 Å². The van der Waals surface area contributed by atoms with E-state index in [1.165, 1.54) is 16.7 Å². The summed E-state index contributed by atoms with van der Waals surface area (Å²) in [4.78, 5) is 14.7. The average molecular weight is 357 g/mol. The second kappa shape index (κ2) is 7.07. The number of hydrogen-bond donors (Lipinski definition) is 1. The van der Waals surface area contributed by atoms with E-state index >= 15 is 0 Å². The molecule has 1 aliphatic heterocycles. The van der Waals surface area contributed by atoms with Crippen molar-refractivity contribution in [3.63, 3.8) is 0 Å². The lowest BCUT2D eigenvalue weighted by Crippen LogP contribution is -2.27. The molecule has 6 heteroatoms. The first-order chi connectivity index (χ1) is 11.6. The van der Waals surface area contributed by atoms with Gasteiger partial charge < -0.3 is 9.84 Å². The number of rotatable bonds is 4. The summed E-state index contributed by atoms with van der Waals surface area (Å²) in [7, 11) is 0. The van der Waals surface area contributed by atoms with Crippen LogP contribution >= 0.6 is 24.0 Å². The van der Waals surface area contributed by atoms with Gasteiger partial charge in [0.2, 0.25) is 0 Å². The standard InChI is InChI=1S/C18H15NO3S2/c1-2-22-15-8-6-13(7-9-15)19-17(21)16(24-18(19)23)11-12-4-3-5-14(20)10-12/h3-11,20H,2H2,1H3. The summed E-state index contributed by atoms with van der Waals surface area (Å²) in [6, 6.07) is 14.0. The number of carbonyl (C=O) groups is 1. The number of phenols is 1. The number of phenolic OH excluding ortho intramolecular Hbond substituents is 1. The molecule has 2 aromatic rings. The Kier molecular flexibility index (Phi) is 4.87. The van der Waals surface area contributed by atoms with Crippen molar-refractivity contribution in [2.24, 2.45) is 0 Å². The molecule has 0 atom stereocenters. The van der Waals surface area contributed by atoms with Gasteiger partial charge in [-0.1, -0.05) is 36.1 Å². The van der Waals surface area contributed by atoms with Gasteiger partial charge in [0.1, 0.15) is 11.5 Å². The quantitative estimate of drug-likeness (QED) is 0.657. The molecule has 1 saturated heterocycles. The molecule has 24 heavy (non-hydrogen) atoms. The van der Waals surface area contributed by atoms with E-state index < -0.39 is 0 Å². The Bertz CT molecular complexity index is 815. The van der Waals surface area contributed by atoms with Crippen molar-refractivity contribution >= 4 is 46.0 Å². The minimum absolute atomic E-state index is 0.158. The fraction of sp³-hybridized carbons (Fsp3) is 0.111. The van der Waals surface area contributed by atoms with Crippen LogP contribution in [0.2, 0.25) is 0 Å². The predicted molar refractivity (Wildman–Crippen MR) is 101 cm³/mol. The number of ether oxygens (including phenoxy) is 1. The van der Waals surface area contributed by atoms with Gasteiger partial charge in [-0.2, -0.15) is 0 Å². The van der Waals surface area contributed by atoms with Crippen molar-refractivity contribution in [3.8, 4) is 11.5 Å². The average Bonchev–Trinajstić information content (AvgIpc) is 2.83. The highest BCUT2D eigenvalue weighted by molar-refractivity contribution is 8.27. The zero-order chi connectivity index (χ0) is 17.1. The molecule has 1 amide bonds. The van der Waals surface area contributed by atoms with E-state index in [1.54, 1.807) is 24.3 Å². The summed E-state index contributed by atoms with van der Waals surface area (Å²) < 4.78 is 5.89. The van der Waals surface area contributed by atoms with Gasteiger partial charge in [-0.05, 0) is 55.0 Å². The molecule has 122 valence electrons. The van der Waals surface area contributed by atoms with Crippen LogP contribution in [0.25, 0.3) is 6.08 Å². The van der Waals surface area contributed by atoms with Crippen molar-refractivity contribution in [2.45, 2.75) is 6.92 Å². The molecule has 0 aromatic heterocycles. The van der Waals surface area contributed by atoms with Gasteiger partial charge in [0.15, 0.2) is 4.32 Å². The maximum atomic E-state index is 12.7. The minimum atomic E-state index is -0.169. The molecule has 0 spiro atoms.